The van der Waals surface area contributed by atoms with Gasteiger partial charge in [0.25, 0.3) is 0 Å². The van der Waals surface area contributed by atoms with Crippen LogP contribution in [0.25, 0.3) is 0 Å². The van der Waals surface area contributed by atoms with Gasteiger partial charge in [-0.2, -0.15) is 0 Å². The van der Waals surface area contributed by atoms with E-state index in [1.54, 1.807) is 19.1 Å². The molecule has 1 unspecified atom stereocenters. The number of Topliss-reactive ketones (excluding diaryl/α,β-unsaturated/α-hetero) is 1. The SMILES string of the molecule is CC(Br)C(=O)c1ccc(O)cc1. The van der Waals surface area contributed by atoms with E-state index in [1.807, 2.05) is 0 Å². The van der Waals surface area contributed by atoms with E-state index in [9.17, 15) is 4.79 Å². The van der Waals surface area contributed by atoms with Gasteiger partial charge in [-0.25, -0.2) is 0 Å². The van der Waals surface area contributed by atoms with Gasteiger partial charge in [0.05, 0.1) is 4.83 Å². The maximum Gasteiger partial charge on any atom is 0.176 e. The first kappa shape index (κ1) is 9.26. The van der Waals surface area contributed by atoms with Crippen molar-refractivity contribution in [3.8, 4) is 5.75 Å². The Kier molecular flexibility index (Phi) is 2.87. The lowest BCUT2D eigenvalue weighted by Crippen LogP contribution is -2.09. The lowest BCUT2D eigenvalue weighted by atomic mass is 10.1. The second-order valence-electron chi connectivity index (χ2n) is 2.53. The summed E-state index contributed by atoms with van der Waals surface area (Å²) in [6.07, 6.45) is 0. The Morgan fingerprint density at radius 1 is 1.42 bits per heavy atom. The maximum atomic E-state index is 11.3. The van der Waals surface area contributed by atoms with Crippen molar-refractivity contribution < 1.29 is 9.90 Å². The fourth-order valence-corrected chi connectivity index (χ4v) is 1.12. The number of ketones is 1. The van der Waals surface area contributed by atoms with E-state index in [-0.39, 0.29) is 16.4 Å². The van der Waals surface area contributed by atoms with Crippen LogP contribution in [-0.2, 0) is 0 Å². The number of hydrogen-bond donors (Lipinski definition) is 1. The van der Waals surface area contributed by atoms with Crippen LogP contribution in [0.3, 0.4) is 0 Å². The molecule has 0 bridgehead atoms. The van der Waals surface area contributed by atoms with E-state index < -0.39 is 0 Å². The highest BCUT2D eigenvalue weighted by Crippen LogP contribution is 2.13. The molecule has 0 aliphatic heterocycles. The van der Waals surface area contributed by atoms with Gasteiger partial charge >= 0.3 is 0 Å². The minimum atomic E-state index is -0.179. The Hall–Kier alpha value is -0.830. The van der Waals surface area contributed by atoms with Crippen LogP contribution in [0.15, 0.2) is 24.3 Å². The van der Waals surface area contributed by atoms with Crippen LogP contribution in [0.4, 0.5) is 0 Å². The molecule has 12 heavy (non-hydrogen) atoms. The molecule has 1 rings (SSSR count). The van der Waals surface area contributed by atoms with Gasteiger partial charge in [0, 0.05) is 5.56 Å². The minimum Gasteiger partial charge on any atom is -0.508 e. The number of alkyl halides is 1. The molecule has 0 fully saturated rings. The van der Waals surface area contributed by atoms with Gasteiger partial charge in [-0.3, -0.25) is 4.79 Å². The van der Waals surface area contributed by atoms with Crippen LogP contribution < -0.4 is 0 Å². The van der Waals surface area contributed by atoms with Crippen molar-refractivity contribution in [1.82, 2.24) is 0 Å². The lowest BCUT2D eigenvalue weighted by Gasteiger charge is -2.01. The average molecular weight is 229 g/mol. The molecule has 0 aliphatic rings. The van der Waals surface area contributed by atoms with Gasteiger partial charge in [0.15, 0.2) is 5.78 Å². The Morgan fingerprint density at radius 2 is 1.92 bits per heavy atom. The van der Waals surface area contributed by atoms with Crippen molar-refractivity contribution in [1.29, 1.82) is 0 Å². The third-order valence-electron chi connectivity index (χ3n) is 1.51. The highest BCUT2D eigenvalue weighted by Gasteiger charge is 2.10. The second-order valence-corrected chi connectivity index (χ2v) is 3.90. The standard InChI is InChI=1S/C9H9BrO2/c1-6(10)9(12)7-2-4-8(11)5-3-7/h2-6,11H,1H3. The van der Waals surface area contributed by atoms with Gasteiger partial charge in [-0.15, -0.1) is 0 Å². The quantitative estimate of drug-likeness (QED) is 0.624. The number of rotatable bonds is 2. The van der Waals surface area contributed by atoms with Crippen LogP contribution in [0.2, 0.25) is 0 Å². The zero-order chi connectivity index (χ0) is 9.14. The van der Waals surface area contributed by atoms with Gasteiger partial charge < -0.3 is 5.11 Å². The Bertz CT molecular complexity index is 277. The van der Waals surface area contributed by atoms with E-state index >= 15 is 0 Å². The van der Waals surface area contributed by atoms with Crippen molar-refractivity contribution in [2.24, 2.45) is 0 Å². The number of phenols is 1. The van der Waals surface area contributed by atoms with Crippen molar-refractivity contribution >= 4 is 21.7 Å². The lowest BCUT2D eigenvalue weighted by molar-refractivity contribution is 0.0996. The Morgan fingerprint density at radius 3 is 2.33 bits per heavy atom. The summed E-state index contributed by atoms with van der Waals surface area (Å²) in [5, 5.41) is 8.95. The van der Waals surface area contributed by atoms with Gasteiger partial charge in [-0.1, -0.05) is 15.9 Å². The zero-order valence-electron chi connectivity index (χ0n) is 6.62. The molecule has 1 N–H and O–H groups in total. The summed E-state index contributed by atoms with van der Waals surface area (Å²) in [6.45, 7) is 1.77. The normalized spacial score (nSPS) is 12.5. The van der Waals surface area contributed by atoms with E-state index in [0.717, 1.165) is 0 Å². The third-order valence-corrected chi connectivity index (χ3v) is 1.93. The number of carbonyl (C=O) groups is 1. The summed E-state index contributed by atoms with van der Waals surface area (Å²) in [6, 6.07) is 6.22. The molecule has 0 heterocycles. The van der Waals surface area contributed by atoms with Gasteiger partial charge in [0.1, 0.15) is 5.75 Å². The highest BCUT2D eigenvalue weighted by atomic mass is 79.9. The van der Waals surface area contributed by atoms with E-state index in [4.69, 9.17) is 5.11 Å². The number of halogens is 1. The molecule has 0 saturated heterocycles. The second kappa shape index (κ2) is 3.72. The molecule has 0 aromatic heterocycles. The molecular formula is C9H9BrO2. The molecule has 64 valence electrons. The molecule has 0 amide bonds. The molecule has 2 nitrogen and oxygen atoms in total. The first-order valence-electron chi connectivity index (χ1n) is 3.58. The molecular weight excluding hydrogens is 220 g/mol. The molecule has 1 aromatic carbocycles. The summed E-state index contributed by atoms with van der Waals surface area (Å²) in [5.74, 6) is 0.198. The zero-order valence-corrected chi connectivity index (χ0v) is 8.21. The molecule has 0 spiro atoms. The summed E-state index contributed by atoms with van der Waals surface area (Å²) in [4.78, 5) is 11.1. The van der Waals surface area contributed by atoms with Crippen LogP contribution in [0, 0.1) is 0 Å². The largest absolute Gasteiger partial charge is 0.508 e. The molecule has 3 heteroatoms. The molecule has 0 radical (unpaired) electrons. The predicted molar refractivity (Wildman–Crippen MR) is 50.8 cm³/mol. The average Bonchev–Trinajstić information content (AvgIpc) is 2.04. The summed E-state index contributed by atoms with van der Waals surface area (Å²) >= 11 is 3.18. The predicted octanol–water partition coefficient (Wildman–Crippen LogP) is 2.36. The van der Waals surface area contributed by atoms with Crippen molar-refractivity contribution in [3.05, 3.63) is 29.8 Å². The summed E-state index contributed by atoms with van der Waals surface area (Å²) in [7, 11) is 0. The Labute approximate surface area is 79.3 Å². The molecule has 1 atom stereocenters. The van der Waals surface area contributed by atoms with Gasteiger partial charge in [-0.05, 0) is 31.2 Å². The number of aromatic hydroxyl groups is 1. The number of phenolic OH excluding ortho intramolecular Hbond substituents is 1. The van der Waals surface area contributed by atoms with Crippen molar-refractivity contribution in [2.75, 3.05) is 0 Å². The topological polar surface area (TPSA) is 37.3 Å². The monoisotopic (exact) mass is 228 g/mol. The third kappa shape index (κ3) is 2.08. The molecule has 1 aromatic rings. The first-order valence-corrected chi connectivity index (χ1v) is 4.50. The van der Waals surface area contributed by atoms with Crippen molar-refractivity contribution in [2.45, 2.75) is 11.8 Å². The van der Waals surface area contributed by atoms with Crippen LogP contribution in [0.1, 0.15) is 17.3 Å². The van der Waals surface area contributed by atoms with Crippen LogP contribution >= 0.6 is 15.9 Å². The fraction of sp³-hybridized carbons (Fsp3) is 0.222. The minimum absolute atomic E-state index is 0.0231. The van der Waals surface area contributed by atoms with Crippen LogP contribution in [-0.4, -0.2) is 15.7 Å². The number of carbonyl (C=O) groups excluding carboxylic acids is 1. The molecule has 0 aliphatic carbocycles. The van der Waals surface area contributed by atoms with Gasteiger partial charge in [0.2, 0.25) is 0 Å². The van der Waals surface area contributed by atoms with E-state index in [0.29, 0.717) is 5.56 Å². The summed E-state index contributed by atoms with van der Waals surface area (Å²) in [5.41, 5.74) is 0.608. The highest BCUT2D eigenvalue weighted by molar-refractivity contribution is 9.10. The molecule has 0 saturated carbocycles. The van der Waals surface area contributed by atoms with E-state index in [1.165, 1.54) is 12.1 Å². The van der Waals surface area contributed by atoms with Crippen LogP contribution in [0.5, 0.6) is 5.75 Å². The Balaban J connectivity index is 2.90. The summed E-state index contributed by atoms with van der Waals surface area (Å²) < 4.78 is 0. The number of hydrogen-bond acceptors (Lipinski definition) is 2. The van der Waals surface area contributed by atoms with Crippen molar-refractivity contribution in [3.63, 3.8) is 0 Å². The maximum absolute atomic E-state index is 11.3. The fourth-order valence-electron chi connectivity index (χ4n) is 0.855. The number of benzene rings is 1. The first-order chi connectivity index (χ1) is 5.61. The van der Waals surface area contributed by atoms with E-state index in [2.05, 4.69) is 15.9 Å². The smallest absolute Gasteiger partial charge is 0.176 e.